The molecule has 1 aromatic carbocycles. The average Bonchev–Trinajstić information content (AvgIpc) is 2.28. The van der Waals surface area contributed by atoms with Crippen LogP contribution in [0.4, 0.5) is 0 Å². The average molecular weight is 211 g/mol. The molecular weight excluding hydrogens is 197 g/mol. The maximum atomic E-state index is 11.2. The quantitative estimate of drug-likeness (QED) is 0.480. The molecular formula is C9H12BNO4. The molecule has 0 aliphatic rings. The number of carboxylic acids is 1. The van der Waals surface area contributed by atoms with E-state index >= 15 is 0 Å². The summed E-state index contributed by atoms with van der Waals surface area (Å²) in [7, 11) is -1.83. The Morgan fingerprint density at radius 3 is 2.67 bits per heavy atom. The lowest BCUT2D eigenvalue weighted by molar-refractivity contribution is -0.139. The van der Waals surface area contributed by atoms with Crippen molar-refractivity contribution in [2.24, 2.45) is 0 Å². The Kier molecular flexibility index (Phi) is 3.73. The van der Waals surface area contributed by atoms with Crippen LogP contribution >= 0.6 is 0 Å². The molecule has 1 rings (SSSR count). The minimum absolute atomic E-state index is 0.218. The molecule has 80 valence electrons. The van der Waals surface area contributed by atoms with Gasteiger partial charge in [0, 0.05) is 0 Å². The van der Waals surface area contributed by atoms with Gasteiger partial charge < -0.3 is 15.2 Å². The SMILES string of the molecule is [3H]OC(=O)[C@H](Cc1ccccc1)NB(O)O. The van der Waals surface area contributed by atoms with Crippen molar-refractivity contribution in [2.45, 2.75) is 12.5 Å². The van der Waals surface area contributed by atoms with Crippen molar-refractivity contribution >= 4 is 13.2 Å². The van der Waals surface area contributed by atoms with Crippen LogP contribution in [0.2, 0.25) is 0 Å². The van der Waals surface area contributed by atoms with Crippen molar-refractivity contribution < 1.29 is 20.0 Å². The van der Waals surface area contributed by atoms with Crippen molar-refractivity contribution in [3.63, 3.8) is 0 Å². The van der Waals surface area contributed by atoms with Crippen LogP contribution < -0.4 is 5.23 Å². The van der Waals surface area contributed by atoms with Gasteiger partial charge in [0.15, 0.2) is 0 Å². The molecule has 0 amide bonds. The molecule has 0 saturated carbocycles. The monoisotopic (exact) mass is 211 g/mol. The molecule has 0 unspecified atom stereocenters. The van der Waals surface area contributed by atoms with Gasteiger partial charge in [0.2, 0.25) is 0 Å². The van der Waals surface area contributed by atoms with Gasteiger partial charge in [0.25, 0.3) is 1.43 Å². The Bertz CT molecular complexity index is 336. The predicted molar refractivity (Wildman–Crippen MR) is 54.9 cm³/mol. The molecule has 0 aromatic heterocycles. The lowest BCUT2D eigenvalue weighted by Crippen LogP contribution is -2.47. The zero-order valence-corrected chi connectivity index (χ0v) is 7.96. The summed E-state index contributed by atoms with van der Waals surface area (Å²) in [4.78, 5) is 11.2. The molecule has 6 heteroatoms. The van der Waals surface area contributed by atoms with Gasteiger partial charge in [-0.25, -0.2) is 0 Å². The number of carbonyl (C=O) groups is 1. The van der Waals surface area contributed by atoms with Gasteiger partial charge in [-0.15, -0.1) is 0 Å². The topological polar surface area (TPSA) is 89.8 Å². The van der Waals surface area contributed by atoms with Gasteiger partial charge >= 0.3 is 13.2 Å². The second-order valence-corrected chi connectivity index (χ2v) is 3.10. The lowest BCUT2D eigenvalue weighted by Gasteiger charge is -2.13. The molecule has 0 aliphatic heterocycles. The van der Waals surface area contributed by atoms with E-state index in [1.54, 1.807) is 24.3 Å². The number of carboxylic acid groups (broad SMARTS) is 1. The summed E-state index contributed by atoms with van der Waals surface area (Å²) >= 11 is 0. The largest absolute Gasteiger partial charge is 0.549 e. The molecule has 0 fully saturated rings. The highest BCUT2D eigenvalue weighted by Gasteiger charge is 2.22. The van der Waals surface area contributed by atoms with Crippen molar-refractivity contribution in [2.75, 3.05) is 0 Å². The van der Waals surface area contributed by atoms with E-state index in [2.05, 4.69) is 10.3 Å². The Morgan fingerprint density at radius 2 is 2.13 bits per heavy atom. The summed E-state index contributed by atoms with van der Waals surface area (Å²) in [6.07, 6.45) is 0.218. The maximum absolute atomic E-state index is 11.2. The molecule has 0 radical (unpaired) electrons. The van der Waals surface area contributed by atoms with E-state index in [0.29, 0.717) is 0 Å². The van der Waals surface area contributed by atoms with E-state index in [1.807, 2.05) is 6.07 Å². The number of benzene rings is 1. The van der Waals surface area contributed by atoms with Gasteiger partial charge in [-0.1, -0.05) is 30.3 Å². The van der Waals surface area contributed by atoms with Crippen LogP contribution in [-0.2, 0) is 11.2 Å². The number of hydrogen-bond acceptors (Lipinski definition) is 5. The summed E-state index contributed by atoms with van der Waals surface area (Å²) in [6, 6.07) is 8.04. The van der Waals surface area contributed by atoms with Gasteiger partial charge in [-0.05, 0) is 12.0 Å². The molecule has 0 saturated heterocycles. The van der Waals surface area contributed by atoms with E-state index in [-0.39, 0.29) is 6.42 Å². The van der Waals surface area contributed by atoms with Crippen molar-refractivity contribution in [1.29, 1.82) is 1.43 Å². The fraction of sp³-hybridized carbons (Fsp3) is 0.222. The van der Waals surface area contributed by atoms with Crippen LogP contribution in [0.3, 0.4) is 0 Å². The summed E-state index contributed by atoms with van der Waals surface area (Å²) in [5, 5.41) is 23.4. The number of aliphatic carboxylic acids is 1. The molecule has 15 heavy (non-hydrogen) atoms. The molecule has 1 atom stereocenters. The van der Waals surface area contributed by atoms with Crippen molar-refractivity contribution in [3.05, 3.63) is 35.9 Å². The van der Waals surface area contributed by atoms with Crippen LogP contribution in [-0.4, -0.2) is 34.4 Å². The van der Waals surface area contributed by atoms with E-state index < -0.39 is 19.3 Å². The Morgan fingerprint density at radius 1 is 1.47 bits per heavy atom. The summed E-state index contributed by atoms with van der Waals surface area (Å²) in [5.41, 5.74) is 0.825. The van der Waals surface area contributed by atoms with Gasteiger partial charge in [-0.3, -0.25) is 10.0 Å². The molecule has 4 N–H and O–H groups in total. The summed E-state index contributed by atoms with van der Waals surface area (Å²) < 4.78 is 6.50. The fourth-order valence-electron chi connectivity index (χ4n) is 1.24. The number of nitrogens with one attached hydrogen (secondary N) is 1. The zero-order chi connectivity index (χ0) is 12.0. The van der Waals surface area contributed by atoms with Crippen LogP contribution in [0.15, 0.2) is 30.3 Å². The van der Waals surface area contributed by atoms with Crippen molar-refractivity contribution in [1.82, 2.24) is 5.23 Å². The highest BCUT2D eigenvalue weighted by Crippen LogP contribution is 2.03. The fourth-order valence-corrected chi connectivity index (χ4v) is 1.24. The van der Waals surface area contributed by atoms with Gasteiger partial charge in [-0.2, -0.15) is 0 Å². The van der Waals surface area contributed by atoms with Gasteiger partial charge in [0.1, 0.15) is 6.04 Å². The van der Waals surface area contributed by atoms with Crippen LogP contribution in [0.25, 0.3) is 1.43 Å². The summed E-state index contributed by atoms with van der Waals surface area (Å²) in [5.74, 6) is -0.864. The predicted octanol–water partition coefficient (Wildman–Crippen LogP) is -0.759. The molecule has 0 heterocycles. The first-order chi connectivity index (χ1) is 7.63. The Labute approximate surface area is 89.0 Å². The molecule has 0 aliphatic carbocycles. The van der Waals surface area contributed by atoms with Crippen LogP contribution in [0.5, 0.6) is 0 Å². The Balaban J connectivity index is 2.67. The van der Waals surface area contributed by atoms with E-state index in [4.69, 9.17) is 11.5 Å². The molecule has 0 bridgehead atoms. The van der Waals surface area contributed by atoms with E-state index in [1.165, 1.54) is 0 Å². The van der Waals surface area contributed by atoms with Crippen LogP contribution in [0, 0.1) is 0 Å². The van der Waals surface area contributed by atoms with Gasteiger partial charge in [0.05, 0.1) is 0 Å². The number of hydrogen-bond donors (Lipinski definition) is 4. The Hall–Kier alpha value is -1.37. The standard InChI is InChI=1S/C9H12BNO4/c12-9(13)8(11-10(14)15)6-7-4-2-1-3-5-7/h1-5,8,11,14-15H,6H2,(H,12,13)/t8-/m0/s1/i/hT. The zero-order valence-electron chi connectivity index (χ0n) is 8.96. The number of rotatable bonds is 5. The summed E-state index contributed by atoms with van der Waals surface area (Å²) in [6.45, 7) is 0. The normalized spacial score (nSPS) is 12.8. The minimum atomic E-state index is -1.83. The minimum Gasteiger partial charge on any atom is -0.480 e. The maximum Gasteiger partial charge on any atom is 0.549 e. The first kappa shape index (κ1) is 10.2. The molecule has 5 nitrogen and oxygen atoms in total. The second-order valence-electron chi connectivity index (χ2n) is 3.10. The molecule has 0 spiro atoms. The van der Waals surface area contributed by atoms with Crippen LogP contribution in [0.1, 0.15) is 5.56 Å². The van der Waals surface area contributed by atoms with E-state index in [0.717, 1.165) is 5.56 Å². The third-order valence-electron chi connectivity index (χ3n) is 1.92. The third kappa shape index (κ3) is 4.12. The highest BCUT2D eigenvalue weighted by atomic mass is 16.4. The first-order valence-electron chi connectivity index (χ1n) is 4.87. The highest BCUT2D eigenvalue weighted by molar-refractivity contribution is 6.38. The molecule has 1 aromatic rings. The second kappa shape index (κ2) is 5.50. The third-order valence-corrected chi connectivity index (χ3v) is 1.92. The smallest absolute Gasteiger partial charge is 0.480 e. The first-order valence-corrected chi connectivity index (χ1v) is 4.46. The lowest BCUT2D eigenvalue weighted by atomic mass is 10.0. The van der Waals surface area contributed by atoms with E-state index in [9.17, 15) is 4.79 Å². The van der Waals surface area contributed by atoms with Crippen molar-refractivity contribution in [3.8, 4) is 0 Å².